The summed E-state index contributed by atoms with van der Waals surface area (Å²) in [5, 5.41) is 72.8. The van der Waals surface area contributed by atoms with E-state index in [1.54, 1.807) is 24.3 Å². The van der Waals surface area contributed by atoms with E-state index in [-0.39, 0.29) is 58.6 Å². The first kappa shape index (κ1) is 32.4. The van der Waals surface area contributed by atoms with Crippen molar-refractivity contribution in [2.45, 2.75) is 43.7 Å². The number of guanidine groups is 1. The third kappa shape index (κ3) is 5.31. The van der Waals surface area contributed by atoms with E-state index in [4.69, 9.17) is 14.9 Å². The molecule has 0 saturated carbocycles. The molecule has 0 bridgehead atoms. The molecule has 16 heteroatoms. The van der Waals surface area contributed by atoms with Gasteiger partial charge in [0, 0.05) is 34.2 Å². The minimum atomic E-state index is -1.87. The molecule has 0 spiro atoms. The summed E-state index contributed by atoms with van der Waals surface area (Å²) in [6.07, 6.45) is -8.54. The number of para-hydroxylation sites is 1. The van der Waals surface area contributed by atoms with Crippen LogP contribution in [-0.4, -0.2) is 110 Å². The summed E-state index contributed by atoms with van der Waals surface area (Å²) < 4.78 is 11.5. The van der Waals surface area contributed by atoms with Crippen LogP contribution in [0, 0.1) is 5.41 Å². The molecule has 3 aromatic carbocycles. The van der Waals surface area contributed by atoms with Crippen LogP contribution >= 0.6 is 0 Å². The highest BCUT2D eigenvalue weighted by molar-refractivity contribution is 6.68. The van der Waals surface area contributed by atoms with Gasteiger partial charge >= 0.3 is 0 Å². The lowest BCUT2D eigenvalue weighted by molar-refractivity contribution is -0.723. The minimum Gasteiger partial charge on any atom is -0.504 e. The summed E-state index contributed by atoms with van der Waals surface area (Å²) in [6.45, 7) is -1.07. The lowest BCUT2D eigenvalue weighted by Gasteiger charge is -2.40. The molecule has 1 saturated heterocycles. The van der Waals surface area contributed by atoms with Gasteiger partial charge in [-0.1, -0.05) is 24.3 Å². The third-order valence-corrected chi connectivity index (χ3v) is 8.94. The number of phenols is 1. The number of carbonyl (C=O) groups excluding carboxylic acids is 3. The molecule has 49 heavy (non-hydrogen) atoms. The molecular formula is C33H30N5O11+. The van der Waals surface area contributed by atoms with Gasteiger partial charge < -0.3 is 40.1 Å². The number of hydrogen-bond acceptors (Lipinski definition) is 13. The molecule has 3 aromatic rings. The summed E-state index contributed by atoms with van der Waals surface area (Å²) in [7, 11) is 0. The lowest BCUT2D eigenvalue weighted by atomic mass is 9.81. The van der Waals surface area contributed by atoms with E-state index < -0.39 is 72.7 Å². The second-order valence-electron chi connectivity index (χ2n) is 11.9. The number of carbonyl (C=O) groups is 3. The first-order valence-electron chi connectivity index (χ1n) is 15.2. The fourth-order valence-corrected chi connectivity index (χ4v) is 6.46. The average molecular weight is 673 g/mol. The van der Waals surface area contributed by atoms with Gasteiger partial charge in [-0.15, -0.1) is 0 Å². The number of aliphatic hydroxyl groups excluding tert-OH is 5. The van der Waals surface area contributed by atoms with Crippen LogP contribution in [0.1, 0.15) is 48.5 Å². The predicted octanol–water partition coefficient (Wildman–Crippen LogP) is -2.18. The van der Waals surface area contributed by atoms with Crippen molar-refractivity contribution in [3.8, 4) is 11.5 Å². The Labute approximate surface area is 276 Å². The molecule has 4 aliphatic rings. The van der Waals surface area contributed by atoms with E-state index in [0.29, 0.717) is 21.7 Å². The Morgan fingerprint density at radius 2 is 1.71 bits per heavy atom. The molecule has 1 fully saturated rings. The van der Waals surface area contributed by atoms with E-state index in [1.807, 2.05) is 0 Å². The van der Waals surface area contributed by atoms with Crippen LogP contribution in [0.25, 0.3) is 0 Å². The molecule has 3 aliphatic heterocycles. The Bertz CT molecular complexity index is 2010. The molecule has 1 amide bonds. The summed E-state index contributed by atoms with van der Waals surface area (Å²) in [5.41, 5.74) is 1.23. The van der Waals surface area contributed by atoms with Gasteiger partial charge in [0.25, 0.3) is 11.7 Å². The van der Waals surface area contributed by atoms with Gasteiger partial charge in [-0.25, -0.2) is 9.89 Å². The minimum absolute atomic E-state index is 0.0486. The number of aliphatic hydroxyl groups is 5. The molecule has 7 rings (SSSR count). The van der Waals surface area contributed by atoms with Crippen LogP contribution in [-0.2, 0) is 22.6 Å². The predicted molar refractivity (Wildman–Crippen MR) is 167 cm³/mol. The summed E-state index contributed by atoms with van der Waals surface area (Å²) in [4.78, 5) is 49.1. The van der Waals surface area contributed by atoms with Crippen molar-refractivity contribution in [1.29, 1.82) is 5.41 Å². The topological polar surface area (TPSA) is 256 Å². The number of aromatic hydroxyl groups is 1. The first-order valence-corrected chi connectivity index (χ1v) is 15.2. The van der Waals surface area contributed by atoms with E-state index in [9.17, 15) is 45.0 Å². The van der Waals surface area contributed by atoms with Crippen molar-refractivity contribution in [3.05, 3.63) is 87.5 Å². The van der Waals surface area contributed by atoms with E-state index in [0.717, 1.165) is 0 Å². The molecule has 1 aliphatic carbocycles. The number of hydrogen-bond donors (Lipinski definition) is 9. The molecular weight excluding hydrogens is 642 g/mol. The average Bonchev–Trinajstić information content (AvgIpc) is 3.52. The van der Waals surface area contributed by atoms with E-state index in [1.165, 1.54) is 24.3 Å². The molecule has 0 aromatic heterocycles. The van der Waals surface area contributed by atoms with Gasteiger partial charge in [0.05, 0.1) is 18.8 Å². The van der Waals surface area contributed by atoms with Gasteiger partial charge in [0.1, 0.15) is 30.1 Å². The van der Waals surface area contributed by atoms with Crippen LogP contribution in [0.2, 0.25) is 0 Å². The fraction of sp³-hybridized carbons (Fsp3) is 0.273. The number of ether oxygens (including phenoxy) is 2. The molecule has 0 radical (unpaired) electrons. The third-order valence-electron chi connectivity index (χ3n) is 8.94. The Balaban J connectivity index is 1.35. The van der Waals surface area contributed by atoms with Gasteiger partial charge in [-0.2, -0.15) is 4.99 Å². The van der Waals surface area contributed by atoms with Crippen LogP contribution < -0.4 is 15.0 Å². The van der Waals surface area contributed by atoms with Crippen molar-refractivity contribution in [3.63, 3.8) is 0 Å². The lowest BCUT2D eigenvalue weighted by Crippen LogP contribution is -3.09. The number of quaternary nitrogens is 1. The highest BCUT2D eigenvalue weighted by atomic mass is 16.7. The summed E-state index contributed by atoms with van der Waals surface area (Å²) >= 11 is 0. The summed E-state index contributed by atoms with van der Waals surface area (Å²) in [6, 6.07) is 12.6. The van der Waals surface area contributed by atoms with Crippen molar-refractivity contribution in [1.82, 2.24) is 5.32 Å². The van der Waals surface area contributed by atoms with Crippen LogP contribution in [0.5, 0.6) is 11.5 Å². The summed E-state index contributed by atoms with van der Waals surface area (Å²) in [5.74, 6) is -3.14. The maximum atomic E-state index is 13.8. The number of ketones is 2. The van der Waals surface area contributed by atoms with Crippen LogP contribution in [0.15, 0.2) is 58.5 Å². The highest BCUT2D eigenvalue weighted by Gasteiger charge is 2.46. The van der Waals surface area contributed by atoms with Crippen molar-refractivity contribution in [2.75, 3.05) is 13.3 Å². The van der Waals surface area contributed by atoms with E-state index in [2.05, 4.69) is 15.3 Å². The quantitative estimate of drug-likeness (QED) is 0.102. The number of fused-ring (bicyclic) bond motifs is 3. The van der Waals surface area contributed by atoms with Crippen molar-refractivity contribution in [2.24, 2.45) is 9.98 Å². The largest absolute Gasteiger partial charge is 0.504 e. The second-order valence-corrected chi connectivity index (χ2v) is 11.9. The number of phenolic OH excluding ortho intramolecular Hbond substituents is 1. The van der Waals surface area contributed by atoms with Crippen molar-refractivity contribution >= 4 is 40.7 Å². The number of nitrogens with zero attached hydrogens (tertiary/aromatic N) is 2. The second kappa shape index (κ2) is 12.4. The zero-order valence-electron chi connectivity index (χ0n) is 25.5. The highest BCUT2D eigenvalue weighted by Crippen LogP contribution is 2.44. The monoisotopic (exact) mass is 672 g/mol. The Morgan fingerprint density at radius 3 is 2.47 bits per heavy atom. The van der Waals surface area contributed by atoms with Crippen LogP contribution in [0.3, 0.4) is 0 Å². The molecule has 16 nitrogen and oxygen atoms in total. The molecule has 3 heterocycles. The number of nitrogens with one attached hydrogen (secondary N) is 3. The zero-order valence-corrected chi connectivity index (χ0v) is 25.5. The Morgan fingerprint density at radius 1 is 0.939 bits per heavy atom. The van der Waals surface area contributed by atoms with Gasteiger partial charge in [-0.05, 0) is 29.8 Å². The van der Waals surface area contributed by atoms with Gasteiger partial charge in [-0.3, -0.25) is 25.1 Å². The number of amidine groups is 1. The zero-order chi connectivity index (χ0) is 34.7. The van der Waals surface area contributed by atoms with Gasteiger partial charge in [0.15, 0.2) is 29.7 Å². The van der Waals surface area contributed by atoms with Crippen molar-refractivity contribution < 1.29 is 59.4 Å². The normalized spacial score (nSPS) is 26.0. The smallest absolute Gasteiger partial charge is 0.284 e. The Hall–Kier alpha value is -5.20. The molecule has 252 valence electrons. The molecule has 6 unspecified atom stereocenters. The van der Waals surface area contributed by atoms with Gasteiger partial charge in [0.2, 0.25) is 18.0 Å². The molecule has 9 N–H and O–H groups in total. The SMILES string of the molecule is N=C1N=C2C(=NC[NH+]2c2ccccc2Cc2cc3c(c(O)c2OC2OC(CO)C(O)C(O)C2O)C(=O)c2cc(CO)ccc2C3=O)C(=O)N1. The molecule has 6 atom stereocenters. The standard InChI is InChI=1S/C33H29N5O11/c34-33-36-30-22(31(47)37-33)35-12-38(30)19-4-2-1-3-14(19)8-15-9-18-21(24(42)17-7-13(10-39)5-6-16(17)23(18)41)26(44)29(15)49-32-28(46)27(45)25(43)20(11-40)48-32/h1-7,9,20,25,27-28,32,39-40,43-46H,8,10-12H2,(H2,34,37,47)/p+1. The maximum absolute atomic E-state index is 13.8. The van der Waals surface area contributed by atoms with E-state index >= 15 is 0 Å². The Kier molecular flexibility index (Phi) is 8.16. The first-order chi connectivity index (χ1) is 23.5. The number of aliphatic imine (C=N–C) groups is 2. The number of rotatable bonds is 7. The van der Waals surface area contributed by atoms with Crippen LogP contribution in [0.4, 0.5) is 5.69 Å². The fourth-order valence-electron chi connectivity index (χ4n) is 6.46. The number of benzene rings is 3. The number of amides is 1. The maximum Gasteiger partial charge on any atom is 0.284 e.